The number of benzene rings is 3. The van der Waals surface area contributed by atoms with Crippen molar-refractivity contribution in [2.24, 2.45) is 0 Å². The van der Waals surface area contributed by atoms with Crippen LogP contribution in [0.3, 0.4) is 0 Å². The maximum absolute atomic E-state index is 12.4. The first kappa shape index (κ1) is 21.3. The van der Waals surface area contributed by atoms with Crippen molar-refractivity contribution < 1.29 is 19.4 Å². The number of carbonyl (C=O) groups excluding carboxylic acids is 1. The molecule has 0 aliphatic rings. The molecule has 3 aromatic carbocycles. The molecule has 154 valence electrons. The van der Waals surface area contributed by atoms with Gasteiger partial charge in [-0.2, -0.15) is 5.26 Å². The number of rotatable bonds is 7. The third kappa shape index (κ3) is 5.81. The molecule has 1 amide bonds. The number of hydrogen-bond acceptors (Lipinski definition) is 4. The maximum Gasteiger partial charge on any atom is 0.335 e. The summed E-state index contributed by atoms with van der Waals surface area (Å²) in [5, 5.41) is 21.2. The van der Waals surface area contributed by atoms with Crippen molar-refractivity contribution in [1.29, 1.82) is 5.26 Å². The molecule has 0 aliphatic carbocycles. The van der Waals surface area contributed by atoms with Crippen LogP contribution >= 0.6 is 0 Å². The lowest BCUT2D eigenvalue weighted by Crippen LogP contribution is -2.14. The molecule has 6 heteroatoms. The number of aryl methyl sites for hydroxylation is 1. The quantitative estimate of drug-likeness (QED) is 0.428. The summed E-state index contributed by atoms with van der Waals surface area (Å²) >= 11 is 0. The minimum atomic E-state index is -0.988. The highest BCUT2D eigenvalue weighted by Gasteiger charge is 2.11. The van der Waals surface area contributed by atoms with Gasteiger partial charge < -0.3 is 15.2 Å². The lowest BCUT2D eigenvalue weighted by molar-refractivity contribution is -0.112. The van der Waals surface area contributed by atoms with E-state index in [1.165, 1.54) is 12.1 Å². The number of amides is 1. The van der Waals surface area contributed by atoms with Gasteiger partial charge in [0.05, 0.1) is 5.56 Å². The number of carbonyl (C=O) groups is 2. The van der Waals surface area contributed by atoms with E-state index in [1.54, 1.807) is 48.5 Å². The maximum atomic E-state index is 12.4. The average molecular weight is 412 g/mol. The van der Waals surface area contributed by atoms with Crippen molar-refractivity contribution in [2.75, 3.05) is 5.32 Å². The summed E-state index contributed by atoms with van der Waals surface area (Å²) in [5.41, 5.74) is 3.17. The molecular weight excluding hydrogens is 392 g/mol. The molecule has 0 aromatic heterocycles. The van der Waals surface area contributed by atoms with Crippen molar-refractivity contribution in [3.8, 4) is 11.8 Å². The summed E-state index contributed by atoms with van der Waals surface area (Å²) in [6.45, 7) is 2.10. The van der Waals surface area contributed by atoms with E-state index in [0.717, 1.165) is 11.1 Å². The first-order valence-corrected chi connectivity index (χ1v) is 9.50. The second-order valence-corrected chi connectivity index (χ2v) is 6.80. The molecule has 3 rings (SSSR count). The van der Waals surface area contributed by atoms with Gasteiger partial charge in [0.25, 0.3) is 5.91 Å². The zero-order valence-electron chi connectivity index (χ0n) is 16.8. The van der Waals surface area contributed by atoms with Gasteiger partial charge in [0, 0.05) is 5.69 Å². The van der Waals surface area contributed by atoms with Gasteiger partial charge in [-0.1, -0.05) is 42.5 Å². The normalized spacial score (nSPS) is 10.8. The van der Waals surface area contributed by atoms with Gasteiger partial charge in [-0.3, -0.25) is 4.79 Å². The number of nitrogens with zero attached hydrogens (tertiary/aromatic N) is 1. The summed E-state index contributed by atoms with van der Waals surface area (Å²) in [7, 11) is 0. The highest BCUT2D eigenvalue weighted by molar-refractivity contribution is 6.09. The van der Waals surface area contributed by atoms with Crippen LogP contribution in [0.5, 0.6) is 5.75 Å². The van der Waals surface area contributed by atoms with E-state index >= 15 is 0 Å². The average Bonchev–Trinajstić information content (AvgIpc) is 2.78. The summed E-state index contributed by atoms with van der Waals surface area (Å²) in [5.74, 6) is -0.881. The number of nitrogens with one attached hydrogen (secondary N) is 1. The fourth-order valence-corrected chi connectivity index (χ4v) is 2.84. The van der Waals surface area contributed by atoms with Crippen LogP contribution in [0.2, 0.25) is 0 Å². The predicted octanol–water partition coefficient (Wildman–Crippen LogP) is 4.82. The van der Waals surface area contributed by atoms with Gasteiger partial charge >= 0.3 is 5.97 Å². The van der Waals surface area contributed by atoms with Crippen molar-refractivity contribution >= 4 is 23.6 Å². The van der Waals surface area contributed by atoms with E-state index in [9.17, 15) is 14.9 Å². The topological polar surface area (TPSA) is 99.4 Å². The molecule has 0 radical (unpaired) electrons. The number of ether oxygens (including phenoxy) is 1. The number of carboxylic acids is 1. The number of para-hydroxylation sites is 1. The number of aromatic carboxylic acids is 1. The standard InChI is InChI=1S/C25H20N2O4/c1-17-5-2-3-8-23(17)27-24(28)21(15-26)13-18-9-11-22(12-10-18)31-16-19-6-4-7-20(14-19)25(29)30/h2-14H,16H2,1H3,(H,27,28)(H,29,30). The Morgan fingerprint density at radius 1 is 1.06 bits per heavy atom. The van der Waals surface area contributed by atoms with Gasteiger partial charge in [-0.25, -0.2) is 4.79 Å². The second-order valence-electron chi connectivity index (χ2n) is 6.80. The number of anilines is 1. The van der Waals surface area contributed by atoms with E-state index in [-0.39, 0.29) is 17.7 Å². The Labute approximate surface area is 180 Å². The Morgan fingerprint density at radius 2 is 1.81 bits per heavy atom. The van der Waals surface area contributed by atoms with Crippen molar-refractivity contribution in [3.63, 3.8) is 0 Å². The van der Waals surface area contributed by atoms with Gasteiger partial charge in [0.15, 0.2) is 0 Å². The molecule has 0 aliphatic heterocycles. The SMILES string of the molecule is Cc1ccccc1NC(=O)C(C#N)=Cc1ccc(OCc2cccc(C(=O)O)c2)cc1. The van der Waals surface area contributed by atoms with E-state index in [1.807, 2.05) is 31.2 Å². The molecule has 0 unspecified atom stereocenters. The molecule has 0 heterocycles. The van der Waals surface area contributed by atoms with Crippen LogP contribution < -0.4 is 10.1 Å². The monoisotopic (exact) mass is 412 g/mol. The van der Waals surface area contributed by atoms with Crippen molar-refractivity contribution in [2.45, 2.75) is 13.5 Å². The van der Waals surface area contributed by atoms with Gasteiger partial charge in [0.2, 0.25) is 0 Å². The van der Waals surface area contributed by atoms with Crippen molar-refractivity contribution in [3.05, 3.63) is 101 Å². The molecule has 0 bridgehead atoms. The molecule has 3 aromatic rings. The molecule has 0 spiro atoms. The lowest BCUT2D eigenvalue weighted by Gasteiger charge is -2.08. The smallest absolute Gasteiger partial charge is 0.335 e. The van der Waals surface area contributed by atoms with Gasteiger partial charge in [-0.15, -0.1) is 0 Å². The first-order valence-electron chi connectivity index (χ1n) is 9.50. The number of carboxylic acid groups (broad SMARTS) is 1. The molecule has 0 saturated heterocycles. The molecule has 0 saturated carbocycles. The summed E-state index contributed by atoms with van der Waals surface area (Å²) in [6.07, 6.45) is 1.51. The summed E-state index contributed by atoms with van der Waals surface area (Å²) < 4.78 is 5.69. The Kier molecular flexibility index (Phi) is 6.82. The zero-order chi connectivity index (χ0) is 22.2. The Hall–Kier alpha value is -4.37. The van der Waals surface area contributed by atoms with Crippen LogP contribution in [0.15, 0.2) is 78.4 Å². The van der Waals surface area contributed by atoms with E-state index in [0.29, 0.717) is 17.0 Å². The molecule has 0 fully saturated rings. The van der Waals surface area contributed by atoms with Gasteiger partial charge in [0.1, 0.15) is 24.0 Å². The number of nitriles is 1. The van der Waals surface area contributed by atoms with E-state index in [4.69, 9.17) is 9.84 Å². The Morgan fingerprint density at radius 3 is 2.48 bits per heavy atom. The lowest BCUT2D eigenvalue weighted by atomic mass is 10.1. The molecule has 0 atom stereocenters. The Bertz CT molecular complexity index is 1170. The van der Waals surface area contributed by atoms with Gasteiger partial charge in [-0.05, 0) is 60.0 Å². The highest BCUT2D eigenvalue weighted by atomic mass is 16.5. The fraction of sp³-hybridized carbons (Fsp3) is 0.0800. The highest BCUT2D eigenvalue weighted by Crippen LogP contribution is 2.18. The van der Waals surface area contributed by atoms with Crippen LogP contribution in [0.4, 0.5) is 5.69 Å². The minimum absolute atomic E-state index is 0.0117. The number of hydrogen-bond donors (Lipinski definition) is 2. The summed E-state index contributed by atoms with van der Waals surface area (Å²) in [4.78, 5) is 23.5. The third-order valence-corrected chi connectivity index (χ3v) is 4.53. The molecule has 6 nitrogen and oxygen atoms in total. The molecule has 2 N–H and O–H groups in total. The largest absolute Gasteiger partial charge is 0.489 e. The van der Waals surface area contributed by atoms with Crippen LogP contribution in [-0.2, 0) is 11.4 Å². The van der Waals surface area contributed by atoms with Crippen LogP contribution in [0, 0.1) is 18.3 Å². The van der Waals surface area contributed by atoms with Crippen LogP contribution in [0.1, 0.15) is 27.0 Å². The Balaban J connectivity index is 1.65. The molecule has 31 heavy (non-hydrogen) atoms. The second kappa shape index (κ2) is 9.90. The third-order valence-electron chi connectivity index (χ3n) is 4.53. The van der Waals surface area contributed by atoms with Crippen LogP contribution in [-0.4, -0.2) is 17.0 Å². The zero-order valence-corrected chi connectivity index (χ0v) is 16.8. The molecular formula is C25H20N2O4. The first-order chi connectivity index (χ1) is 15.0. The summed E-state index contributed by atoms with van der Waals surface area (Å²) in [6, 6.07) is 22.7. The van der Waals surface area contributed by atoms with E-state index < -0.39 is 11.9 Å². The predicted molar refractivity (Wildman–Crippen MR) is 118 cm³/mol. The van der Waals surface area contributed by atoms with Crippen LogP contribution in [0.25, 0.3) is 6.08 Å². The minimum Gasteiger partial charge on any atom is -0.489 e. The fourth-order valence-electron chi connectivity index (χ4n) is 2.84. The van der Waals surface area contributed by atoms with Crippen molar-refractivity contribution in [1.82, 2.24) is 0 Å². The van der Waals surface area contributed by atoms with E-state index in [2.05, 4.69) is 5.32 Å².